The molecule has 1 aromatic heterocycles. The molecule has 1 saturated carbocycles. The summed E-state index contributed by atoms with van der Waals surface area (Å²) in [6, 6.07) is 5.69. The molecule has 1 aromatic carbocycles. The summed E-state index contributed by atoms with van der Waals surface area (Å²) in [7, 11) is 6.92. The standard InChI is InChI=1S/C25H37N6O3.C4H8/c1-7-22-17(2)27-25(29-24(22)30(3)4)28-20-11-8-18(9-12-20)15-26-16-19-10-13-21(31(32)34-6)14-23(19)33-5;1-3-4-2/h7,10,13-14,18,20,26H,2,8-9,11-12,15-16H2,1,3-6H3,(H,27,28);3H,1,4H2,2H3/q+1;/b22-7+;. The summed E-state index contributed by atoms with van der Waals surface area (Å²) < 4.78 is 5.45. The minimum atomic E-state index is 0.366. The normalized spacial score (nSPS) is 17.2. The number of methoxy groups -OCH3 is 1. The Hall–Kier alpha value is -3.46. The van der Waals surface area contributed by atoms with Gasteiger partial charge in [0.25, 0.3) is 4.92 Å². The summed E-state index contributed by atoms with van der Waals surface area (Å²) in [4.78, 5) is 28.1. The first-order chi connectivity index (χ1) is 18.3. The van der Waals surface area contributed by atoms with E-state index in [4.69, 9.17) is 14.6 Å². The molecule has 2 N–H and O–H groups in total. The quantitative estimate of drug-likeness (QED) is 0.335. The lowest BCUT2D eigenvalue weighted by molar-refractivity contribution is -0.736. The van der Waals surface area contributed by atoms with E-state index >= 15 is 0 Å². The van der Waals surface area contributed by atoms with Gasteiger partial charge in [-0.1, -0.05) is 25.7 Å². The van der Waals surface area contributed by atoms with Gasteiger partial charge in [-0.2, -0.15) is 4.98 Å². The molecule has 0 aliphatic heterocycles. The van der Waals surface area contributed by atoms with Gasteiger partial charge in [-0.25, -0.2) is 9.82 Å². The molecule has 0 saturated heterocycles. The molecule has 0 bridgehead atoms. The highest BCUT2D eigenvalue weighted by molar-refractivity contribution is 5.47. The number of benzene rings is 1. The molecule has 0 atom stereocenters. The maximum atomic E-state index is 11.7. The SMILES string of the molecule is C=CCC.C=c1nc(NC2CCC(CNCc3ccc([N+](=O)OC)cc3OC)CC2)nc(N(C)C)/c1=C/C. The third-order valence-electron chi connectivity index (χ3n) is 6.58. The van der Waals surface area contributed by atoms with Crippen LogP contribution in [0.3, 0.4) is 0 Å². The number of hydrogen-bond acceptors (Lipinski definition) is 8. The van der Waals surface area contributed by atoms with Gasteiger partial charge in [0.05, 0.1) is 23.4 Å². The third-order valence-corrected chi connectivity index (χ3v) is 6.58. The summed E-state index contributed by atoms with van der Waals surface area (Å²) in [6.45, 7) is 13.2. The van der Waals surface area contributed by atoms with E-state index in [1.165, 1.54) is 7.11 Å². The van der Waals surface area contributed by atoms with Crippen molar-refractivity contribution < 1.29 is 14.5 Å². The second kappa shape index (κ2) is 15.7. The van der Waals surface area contributed by atoms with Crippen LogP contribution in [0, 0.1) is 10.8 Å². The van der Waals surface area contributed by atoms with E-state index < -0.39 is 0 Å². The molecule has 1 fully saturated rings. The van der Waals surface area contributed by atoms with Crippen molar-refractivity contribution in [1.82, 2.24) is 15.3 Å². The van der Waals surface area contributed by atoms with Crippen LogP contribution in [0.4, 0.5) is 17.5 Å². The minimum absolute atomic E-state index is 0.366. The van der Waals surface area contributed by atoms with Gasteiger partial charge in [-0.05, 0) is 57.6 Å². The average molecular weight is 526 g/mol. The van der Waals surface area contributed by atoms with Crippen LogP contribution >= 0.6 is 0 Å². The molecule has 208 valence electrons. The summed E-state index contributed by atoms with van der Waals surface area (Å²) >= 11 is 0. The number of aromatic nitrogens is 2. The zero-order chi connectivity index (χ0) is 28.1. The van der Waals surface area contributed by atoms with Crippen LogP contribution in [0.25, 0.3) is 12.7 Å². The highest BCUT2D eigenvalue weighted by Gasteiger charge is 2.22. The summed E-state index contributed by atoms with van der Waals surface area (Å²) in [6.07, 6.45) is 9.39. The summed E-state index contributed by atoms with van der Waals surface area (Å²) in [5, 5.41) is 8.79. The summed E-state index contributed by atoms with van der Waals surface area (Å²) in [5.74, 6) is 2.83. The molecule has 1 aliphatic carbocycles. The fourth-order valence-corrected chi connectivity index (χ4v) is 4.41. The molecule has 0 amide bonds. The average Bonchev–Trinajstić information content (AvgIpc) is 2.93. The molecular weight excluding hydrogens is 480 g/mol. The van der Waals surface area contributed by atoms with E-state index in [2.05, 4.69) is 35.7 Å². The predicted octanol–water partition coefficient (Wildman–Crippen LogP) is 4.08. The van der Waals surface area contributed by atoms with Crippen LogP contribution in [0.2, 0.25) is 0 Å². The fourth-order valence-electron chi connectivity index (χ4n) is 4.41. The van der Waals surface area contributed by atoms with Crippen LogP contribution < -0.4 is 30.8 Å². The van der Waals surface area contributed by atoms with Crippen LogP contribution in [-0.4, -0.2) is 55.8 Å². The fraction of sp³-hybridized carbons (Fsp3) is 0.517. The van der Waals surface area contributed by atoms with Crippen molar-refractivity contribution in [3.05, 3.63) is 51.9 Å². The maximum absolute atomic E-state index is 11.7. The minimum Gasteiger partial charge on any atom is -0.496 e. The Morgan fingerprint density at radius 1 is 1.18 bits per heavy atom. The first-order valence-corrected chi connectivity index (χ1v) is 13.2. The predicted molar refractivity (Wildman–Crippen MR) is 156 cm³/mol. The van der Waals surface area contributed by atoms with Crippen molar-refractivity contribution >= 4 is 30.1 Å². The van der Waals surface area contributed by atoms with Crippen LogP contribution in [-0.2, 0) is 11.4 Å². The topological polar surface area (TPSA) is 91.6 Å². The van der Waals surface area contributed by atoms with Crippen molar-refractivity contribution in [2.24, 2.45) is 5.92 Å². The van der Waals surface area contributed by atoms with Crippen molar-refractivity contribution in [1.29, 1.82) is 0 Å². The van der Waals surface area contributed by atoms with E-state index in [0.29, 0.717) is 40.8 Å². The van der Waals surface area contributed by atoms with Gasteiger partial charge < -0.3 is 20.3 Å². The van der Waals surface area contributed by atoms with E-state index in [-0.39, 0.29) is 0 Å². The Balaban J connectivity index is 0.00000118. The number of allylic oxidation sites excluding steroid dienone is 1. The Labute approximate surface area is 227 Å². The van der Waals surface area contributed by atoms with Gasteiger partial charge in [0.1, 0.15) is 11.6 Å². The van der Waals surface area contributed by atoms with Crippen molar-refractivity contribution in [2.75, 3.05) is 45.1 Å². The van der Waals surface area contributed by atoms with Crippen LogP contribution in [0.15, 0.2) is 30.9 Å². The molecule has 0 radical (unpaired) electrons. The van der Waals surface area contributed by atoms with Crippen molar-refractivity contribution in [3.8, 4) is 5.75 Å². The number of nitrogens with zero attached hydrogens (tertiary/aromatic N) is 4. The van der Waals surface area contributed by atoms with Gasteiger partial charge in [-0.3, -0.25) is 0 Å². The first-order valence-electron chi connectivity index (χ1n) is 13.2. The number of nitrogens with one attached hydrogen (secondary N) is 2. The number of hydrogen-bond donors (Lipinski definition) is 2. The highest BCUT2D eigenvalue weighted by atomic mass is 16.8. The van der Waals surface area contributed by atoms with Gasteiger partial charge in [0, 0.05) is 43.5 Å². The molecule has 0 spiro atoms. The zero-order valence-electron chi connectivity index (χ0n) is 23.9. The summed E-state index contributed by atoms with van der Waals surface area (Å²) in [5.41, 5.74) is 1.42. The van der Waals surface area contributed by atoms with E-state index in [0.717, 1.165) is 60.6 Å². The van der Waals surface area contributed by atoms with Gasteiger partial charge >= 0.3 is 5.69 Å². The molecule has 1 aliphatic rings. The molecule has 0 unspecified atom stereocenters. The Bertz CT molecular complexity index is 1160. The molecule has 1 heterocycles. The highest BCUT2D eigenvalue weighted by Crippen LogP contribution is 2.27. The van der Waals surface area contributed by atoms with E-state index in [9.17, 15) is 4.91 Å². The molecule has 9 heteroatoms. The second-order valence-corrected chi connectivity index (χ2v) is 9.54. The van der Waals surface area contributed by atoms with Gasteiger partial charge in [-0.15, -0.1) is 6.58 Å². The van der Waals surface area contributed by atoms with Crippen LogP contribution in [0.5, 0.6) is 5.75 Å². The number of rotatable bonds is 11. The monoisotopic (exact) mass is 525 g/mol. The lowest BCUT2D eigenvalue weighted by Crippen LogP contribution is -2.37. The van der Waals surface area contributed by atoms with Crippen molar-refractivity contribution in [3.63, 3.8) is 0 Å². The largest absolute Gasteiger partial charge is 0.496 e. The first kappa shape index (κ1) is 30.8. The van der Waals surface area contributed by atoms with E-state index in [1.54, 1.807) is 19.2 Å². The molecule has 38 heavy (non-hydrogen) atoms. The molecular formula is C29H45N6O3+. The zero-order valence-corrected chi connectivity index (χ0v) is 23.9. The molecule has 9 nitrogen and oxygen atoms in total. The van der Waals surface area contributed by atoms with Crippen molar-refractivity contribution in [2.45, 2.75) is 58.5 Å². The lowest BCUT2D eigenvalue weighted by atomic mass is 9.86. The Kier molecular flexibility index (Phi) is 12.7. The molecule has 2 aromatic rings. The maximum Gasteiger partial charge on any atom is 0.320 e. The van der Waals surface area contributed by atoms with Gasteiger partial charge in [0.2, 0.25) is 5.95 Å². The lowest BCUT2D eigenvalue weighted by Gasteiger charge is -2.29. The smallest absolute Gasteiger partial charge is 0.320 e. The van der Waals surface area contributed by atoms with E-state index in [1.807, 2.05) is 44.1 Å². The van der Waals surface area contributed by atoms with Crippen LogP contribution in [0.1, 0.15) is 51.5 Å². The number of ether oxygens (including phenoxy) is 1. The Morgan fingerprint density at radius 2 is 1.87 bits per heavy atom. The Morgan fingerprint density at radius 3 is 2.42 bits per heavy atom. The number of anilines is 2. The third kappa shape index (κ3) is 8.83. The second-order valence-electron chi connectivity index (χ2n) is 9.54. The van der Waals surface area contributed by atoms with Gasteiger partial charge in [0.15, 0.2) is 7.11 Å². The molecule has 3 rings (SSSR count).